The van der Waals surface area contributed by atoms with Gasteiger partial charge in [-0.25, -0.2) is 0 Å². The molecule has 0 aliphatic carbocycles. The fourth-order valence-corrected chi connectivity index (χ4v) is 11.3. The fraction of sp³-hybridized carbons (Fsp3) is 0.845. The lowest BCUT2D eigenvalue weighted by atomic mass is 9.75. The molecule has 0 bridgehead atoms. The lowest BCUT2D eigenvalue weighted by Gasteiger charge is -2.27. The van der Waals surface area contributed by atoms with Gasteiger partial charge >= 0.3 is 0 Å². The number of hydrogen-bond acceptors (Lipinski definition) is 18. The van der Waals surface area contributed by atoms with Gasteiger partial charge < -0.3 is 5.73 Å². The van der Waals surface area contributed by atoms with Crippen LogP contribution in [-0.4, -0.2) is 104 Å². The first-order valence-electron chi connectivity index (χ1n) is 48.3. The summed E-state index contributed by atoms with van der Waals surface area (Å²) in [4.78, 5) is 196. The highest BCUT2D eigenvalue weighted by Crippen LogP contribution is 2.32. The SMILES string of the molecule is CC(C)C(=O)CC(C(=O)C(C)(C)C)C(C)C.CC(C)C(=O)CCC(=O)C(C)(C)C.CC(C)C(C)C(=O)C(C)(C)C.CC(C)C(C)C(=O)CCC(=O)C(C)(C)C.CC(CC(=O)C(C)C(C)C)C(=O)C(C)(C)C.CC(N)C(=O)C(C)(C)C.CCC(=O)C(C)(C)C.CCC(=O)CC(C(=O)C(C)(C)C)C(C)C.CCC(=O)CC(C)C(=O)C(C)(C)C.CCC(=O)CCC(=O)C(C)(C)C. The normalized spacial score (nSPS) is 13.9. The average Bonchev–Trinajstić information content (AvgIpc) is 0.776. The van der Waals surface area contributed by atoms with Crippen molar-refractivity contribution in [3.8, 4) is 0 Å². The molecule has 0 aliphatic rings. The van der Waals surface area contributed by atoms with Crippen LogP contribution in [0.2, 0.25) is 0 Å². The van der Waals surface area contributed by atoms with E-state index in [2.05, 4.69) is 13.8 Å². The molecule has 8 atom stereocenters. The van der Waals surface area contributed by atoms with Gasteiger partial charge in [0.25, 0.3) is 0 Å². The van der Waals surface area contributed by atoms with E-state index in [1.54, 1.807) is 6.92 Å². The van der Waals surface area contributed by atoms with Crippen LogP contribution in [0.4, 0.5) is 0 Å². The van der Waals surface area contributed by atoms with Crippen molar-refractivity contribution in [1.82, 2.24) is 0 Å². The van der Waals surface area contributed by atoms with Gasteiger partial charge in [-0.05, 0) is 36.5 Å². The van der Waals surface area contributed by atoms with Crippen LogP contribution in [0.1, 0.15) is 464 Å². The summed E-state index contributed by atoms with van der Waals surface area (Å²) >= 11 is 0. The standard InChI is InChI=1S/2C14H26O2.2C13H24O2.2C11H20O2.C10H18O2.C10H20O.C7H15NO.C7H14O/c1-9(2)11(4)12(15)8-10(3)13(16)14(5,6)7;1-9(2)11(8-12(15)10(3)4)13(16)14(5,6)7;1-9(2)10(3)11(14)7-8-12(15)13(4,5)6;1-7-10(14)8-11(9(2)3)12(15)13(4,5)6;1-8(2)9(12)6-7-10(13)11(3,4)5;1-6-9(12)7-8(2)10(13)11(3,4)5;1-5-8(11)6-7-9(12)10(2,3)4;1-7(2)8(3)9(11)10(4,5)6;1-5(8)6(9)7(2,3)4;1-5-6(8)7(2,3)4/h2*9-11H,8H2,1-7H3;9-10H,7-8H2,1-6H3;9,11H,7-8H2,1-6H3;2*8H,6-7H2,1-5H3;5-7H2,1-4H3;7-8H,1-6H3;5H,8H2,1-4H3;5H2,1-4H3. The molecule has 2 N–H and O–H groups in total. The summed E-state index contributed by atoms with van der Waals surface area (Å²) in [5.41, 5.74) is 2.49. The van der Waals surface area contributed by atoms with Gasteiger partial charge in [0.1, 0.15) is 92.5 Å². The summed E-state index contributed by atoms with van der Waals surface area (Å²) in [6.07, 6.45) is 6.22. The quantitative estimate of drug-likeness (QED) is 0.0609. The summed E-state index contributed by atoms with van der Waals surface area (Å²) in [6.45, 7) is 104. The molecule has 8 unspecified atom stereocenters. The second kappa shape index (κ2) is 65.1. The first-order chi connectivity index (χ1) is 56.5. The number of rotatable bonds is 36. The first kappa shape index (κ1) is 143. The zero-order valence-corrected chi connectivity index (χ0v) is 93.6. The van der Waals surface area contributed by atoms with Gasteiger partial charge in [0.15, 0.2) is 5.78 Å². The second-order valence-corrected chi connectivity index (χ2v) is 48.3. The van der Waals surface area contributed by atoms with E-state index in [4.69, 9.17) is 5.73 Å². The molecule has 0 spiro atoms. The summed E-state index contributed by atoms with van der Waals surface area (Å²) in [5, 5.41) is 0. The molecular weight excluding hydrogens is 1610 g/mol. The number of nitrogens with two attached hydrogens (primary N) is 1. The van der Waals surface area contributed by atoms with Gasteiger partial charge in [-0.1, -0.05) is 367 Å². The van der Waals surface area contributed by atoms with E-state index >= 15 is 0 Å². The van der Waals surface area contributed by atoms with Crippen molar-refractivity contribution >= 4 is 98.3 Å². The Kier molecular flexibility index (Phi) is 72.6. The van der Waals surface area contributed by atoms with Crippen LogP contribution in [0.3, 0.4) is 0 Å². The van der Waals surface area contributed by atoms with Crippen LogP contribution in [0.5, 0.6) is 0 Å². The maximum atomic E-state index is 12.2. The van der Waals surface area contributed by atoms with E-state index in [0.717, 1.165) is 0 Å². The molecule has 18 nitrogen and oxygen atoms in total. The van der Waals surface area contributed by atoms with Gasteiger partial charge in [-0.15, -0.1) is 0 Å². The highest BCUT2D eigenvalue weighted by Gasteiger charge is 2.37. The molecule has 18 heteroatoms. The summed E-state index contributed by atoms with van der Waals surface area (Å²) in [6, 6.07) is -0.329. The Morgan fingerprint density at radius 2 is 0.445 bits per heavy atom. The molecular formula is C110H207NO17. The minimum absolute atomic E-state index is 0.0222. The molecule has 0 aliphatic heterocycles. The Hall–Kier alpha value is -5.65. The van der Waals surface area contributed by atoms with Gasteiger partial charge in [0.2, 0.25) is 0 Å². The Morgan fingerprint density at radius 1 is 0.203 bits per heavy atom. The van der Waals surface area contributed by atoms with Crippen LogP contribution in [-0.2, 0) is 81.5 Å². The predicted molar refractivity (Wildman–Crippen MR) is 537 cm³/mol. The third kappa shape index (κ3) is 72.9. The van der Waals surface area contributed by atoms with Crippen molar-refractivity contribution in [2.24, 2.45) is 143 Å². The second-order valence-electron chi connectivity index (χ2n) is 48.3. The molecule has 0 radical (unpaired) electrons. The van der Waals surface area contributed by atoms with Crippen molar-refractivity contribution < 1.29 is 81.5 Å². The lowest BCUT2D eigenvalue weighted by molar-refractivity contribution is -0.135. The number of ketones is 17. The molecule has 0 aromatic carbocycles. The average molecular weight is 1820 g/mol. The topological polar surface area (TPSA) is 316 Å². The van der Waals surface area contributed by atoms with Crippen LogP contribution in [0.15, 0.2) is 0 Å². The smallest absolute Gasteiger partial charge is 0.154 e. The Balaban J connectivity index is -0.000000152. The molecule has 0 saturated carbocycles. The highest BCUT2D eigenvalue weighted by atomic mass is 16.2. The van der Waals surface area contributed by atoms with Gasteiger partial charge in [0, 0.05) is 197 Å². The monoisotopic (exact) mass is 1810 g/mol. The number of carbonyl (C=O) groups excluding carboxylic acids is 17. The minimum Gasteiger partial charge on any atom is -0.322 e. The van der Waals surface area contributed by atoms with Crippen molar-refractivity contribution in [3.05, 3.63) is 0 Å². The molecule has 0 aromatic heterocycles. The minimum atomic E-state index is -0.355. The zero-order chi connectivity index (χ0) is 105. The number of Topliss-reactive ketones (excluding diaryl/α,β-unsaturated/α-hetero) is 17. The summed E-state index contributed by atoms with van der Waals surface area (Å²) in [5.74, 6) is 4.90. The van der Waals surface area contributed by atoms with Crippen molar-refractivity contribution in [2.45, 2.75) is 470 Å². The largest absolute Gasteiger partial charge is 0.322 e. The molecule has 0 aromatic rings. The molecule has 128 heavy (non-hydrogen) atoms. The zero-order valence-electron chi connectivity index (χ0n) is 93.6. The van der Waals surface area contributed by atoms with Crippen molar-refractivity contribution in [1.29, 1.82) is 0 Å². The Labute approximate surface area is 788 Å². The molecule has 0 heterocycles. The van der Waals surface area contributed by atoms with Crippen molar-refractivity contribution in [2.75, 3.05) is 0 Å². The number of hydrogen-bond donors (Lipinski definition) is 1. The van der Waals surface area contributed by atoms with Gasteiger partial charge in [-0.2, -0.15) is 0 Å². The lowest BCUT2D eigenvalue weighted by Crippen LogP contribution is -2.36. The first-order valence-corrected chi connectivity index (χ1v) is 48.3. The number of carbonyl (C=O) groups is 17. The summed E-state index contributed by atoms with van der Waals surface area (Å²) < 4.78 is 0. The summed E-state index contributed by atoms with van der Waals surface area (Å²) in [7, 11) is 0. The van der Waals surface area contributed by atoms with Crippen LogP contribution < -0.4 is 5.73 Å². The van der Waals surface area contributed by atoms with E-state index in [1.165, 1.54) is 0 Å². The van der Waals surface area contributed by atoms with Crippen molar-refractivity contribution in [3.63, 3.8) is 0 Å². The Bertz CT molecular complexity index is 3340. The Morgan fingerprint density at radius 3 is 0.648 bits per heavy atom. The molecule has 0 saturated heterocycles. The van der Waals surface area contributed by atoms with E-state index in [1.807, 2.05) is 353 Å². The van der Waals surface area contributed by atoms with Crippen LogP contribution in [0.25, 0.3) is 0 Å². The molecule has 0 rings (SSSR count). The third-order valence-electron chi connectivity index (χ3n) is 22.3. The van der Waals surface area contributed by atoms with Crippen LogP contribution in [0, 0.1) is 137 Å². The van der Waals surface area contributed by atoms with E-state index in [0.29, 0.717) is 119 Å². The molecule has 0 amide bonds. The van der Waals surface area contributed by atoms with E-state index < -0.39 is 0 Å². The van der Waals surface area contributed by atoms with Gasteiger partial charge in [0.05, 0.1) is 6.04 Å². The maximum absolute atomic E-state index is 12.2. The maximum Gasteiger partial charge on any atom is 0.154 e. The third-order valence-corrected chi connectivity index (χ3v) is 22.3. The predicted octanol–water partition coefficient (Wildman–Crippen LogP) is 26.9. The van der Waals surface area contributed by atoms with Gasteiger partial charge in [-0.3, -0.25) is 81.5 Å². The van der Waals surface area contributed by atoms with E-state index in [9.17, 15) is 81.5 Å². The van der Waals surface area contributed by atoms with Crippen LogP contribution >= 0.6 is 0 Å². The van der Waals surface area contributed by atoms with E-state index in [-0.39, 0.29) is 212 Å². The molecule has 754 valence electrons. The molecule has 0 fully saturated rings. The highest BCUT2D eigenvalue weighted by molar-refractivity contribution is 5.95. The fourth-order valence-electron chi connectivity index (χ4n) is 11.3.